The molecule has 0 aliphatic heterocycles. The summed E-state index contributed by atoms with van der Waals surface area (Å²) in [4.78, 5) is 41.2. The van der Waals surface area contributed by atoms with Crippen LogP contribution in [0.3, 0.4) is 0 Å². The van der Waals surface area contributed by atoms with E-state index in [0.29, 0.717) is 12.8 Å². The number of carbonyl (C=O) groups is 4. The molecule has 0 bridgehead atoms. The zero-order valence-electron chi connectivity index (χ0n) is 29.7. The van der Waals surface area contributed by atoms with Crippen molar-refractivity contribution in [1.29, 1.82) is 0 Å². The van der Waals surface area contributed by atoms with Gasteiger partial charge in [-0.1, -0.05) is 48.6 Å². The van der Waals surface area contributed by atoms with Crippen LogP contribution in [0.2, 0.25) is 0 Å². The first-order chi connectivity index (χ1) is 26.8. The van der Waals surface area contributed by atoms with Crippen LogP contribution in [-0.4, -0.2) is 76.5 Å². The first kappa shape index (κ1) is 46.3. The fourth-order valence-electron chi connectivity index (χ4n) is 4.82. The molecule has 4 aromatic carbocycles. The average Bonchev–Trinajstić information content (AvgIpc) is 3.09. The molecular weight excluding hydrogens is 849 g/mol. The molecule has 20 nitrogen and oxygen atoms in total. The van der Waals surface area contributed by atoms with Gasteiger partial charge in [-0.2, -0.15) is 33.7 Å². The number of rotatable bonds is 14. The predicted molar refractivity (Wildman–Crippen MR) is 211 cm³/mol. The van der Waals surface area contributed by atoms with Gasteiger partial charge in [-0.15, -0.1) is 0 Å². The van der Waals surface area contributed by atoms with Crippen LogP contribution in [0.15, 0.2) is 92.4 Å². The summed E-state index contributed by atoms with van der Waals surface area (Å²) in [6, 6.07) is 14.8. The number of nitrogens with one attached hydrogen (secondary N) is 4. The van der Waals surface area contributed by atoms with Crippen molar-refractivity contribution in [3.63, 3.8) is 0 Å². The molecule has 8 N–H and O–H groups in total. The van der Waals surface area contributed by atoms with Gasteiger partial charge in [0.25, 0.3) is 40.5 Å². The third-order valence-electron chi connectivity index (χ3n) is 7.14. The Morgan fingerprint density at radius 2 is 0.655 bits per heavy atom. The highest BCUT2D eigenvalue weighted by molar-refractivity contribution is 7.86. The highest BCUT2D eigenvalue weighted by atomic mass is 32.2. The minimum atomic E-state index is -4.67. The van der Waals surface area contributed by atoms with Crippen LogP contribution in [0.4, 0.5) is 22.7 Å². The summed E-state index contributed by atoms with van der Waals surface area (Å²) in [5, 5.41) is 9.25. The molecule has 0 radical (unpaired) electrons. The predicted octanol–water partition coefficient (Wildman–Crippen LogP) is 3.75. The maximum Gasteiger partial charge on any atom is 0.295 e. The van der Waals surface area contributed by atoms with Crippen LogP contribution in [-0.2, 0) is 59.7 Å². The van der Waals surface area contributed by atoms with Crippen molar-refractivity contribution in [1.82, 2.24) is 0 Å². The topological polar surface area (TPSA) is 334 Å². The van der Waals surface area contributed by atoms with E-state index in [4.69, 9.17) is 0 Å². The van der Waals surface area contributed by atoms with Gasteiger partial charge >= 0.3 is 0 Å². The Labute approximate surface area is 331 Å². The normalized spacial score (nSPS) is 12.0. The van der Waals surface area contributed by atoms with Crippen molar-refractivity contribution in [2.75, 3.05) is 21.3 Å². The van der Waals surface area contributed by atoms with Gasteiger partial charge in [0, 0.05) is 36.6 Å². The maximum absolute atomic E-state index is 11.7. The molecule has 0 aromatic heterocycles. The Hall–Kier alpha value is -6.12. The summed E-state index contributed by atoms with van der Waals surface area (Å²) in [7, 11) is -18.7. The Morgan fingerprint density at radius 3 is 0.862 bits per heavy atom. The SMILES string of the molecule is CC(=O)Nc1ccc(C=Cc2ccc(NC(C)=O)cc2S(=O)(=O)O)c(S(=O)(=O)O)c1.O=CNc1ccc(C=Cc2ccc(NC=O)cc2S(=O)(=O)O)c(S(=O)(=O)O)c1. The summed E-state index contributed by atoms with van der Waals surface area (Å²) < 4.78 is 131. The van der Waals surface area contributed by atoms with Crippen molar-refractivity contribution >= 4 is 112 Å². The highest BCUT2D eigenvalue weighted by Crippen LogP contribution is 2.28. The van der Waals surface area contributed by atoms with Crippen LogP contribution in [0, 0.1) is 0 Å². The van der Waals surface area contributed by atoms with E-state index in [1.165, 1.54) is 86.7 Å². The number of anilines is 4. The lowest BCUT2D eigenvalue weighted by Gasteiger charge is -2.09. The molecule has 0 unspecified atom stereocenters. The van der Waals surface area contributed by atoms with Gasteiger partial charge in [0.2, 0.25) is 24.6 Å². The molecule has 4 aromatic rings. The lowest BCUT2D eigenvalue weighted by molar-refractivity contribution is -0.115. The van der Waals surface area contributed by atoms with Crippen molar-refractivity contribution in [2.45, 2.75) is 33.4 Å². The summed E-state index contributed by atoms with van der Waals surface area (Å²) in [6.07, 6.45) is 5.47. The van der Waals surface area contributed by atoms with Gasteiger partial charge in [0.1, 0.15) is 19.6 Å². The molecule has 4 amide bonds. The molecule has 4 rings (SSSR count). The van der Waals surface area contributed by atoms with Crippen LogP contribution in [0.25, 0.3) is 24.3 Å². The Kier molecular flexibility index (Phi) is 15.1. The quantitative estimate of drug-likeness (QED) is 0.0508. The smallest absolute Gasteiger partial charge is 0.295 e. The third-order valence-corrected chi connectivity index (χ3v) is 10.8. The molecule has 0 spiro atoms. The zero-order chi connectivity index (χ0) is 43.6. The Bertz CT molecular complexity index is 2600. The fraction of sp³-hybridized carbons (Fsp3) is 0.0588. The van der Waals surface area contributed by atoms with Crippen molar-refractivity contribution in [3.05, 3.63) is 95.1 Å². The van der Waals surface area contributed by atoms with Crippen molar-refractivity contribution in [3.8, 4) is 0 Å². The van der Waals surface area contributed by atoms with Gasteiger partial charge in [-0.3, -0.25) is 37.4 Å². The van der Waals surface area contributed by atoms with E-state index in [9.17, 15) is 71.1 Å². The zero-order valence-corrected chi connectivity index (χ0v) is 33.0. The molecule has 58 heavy (non-hydrogen) atoms. The Morgan fingerprint density at radius 1 is 0.431 bits per heavy atom. The van der Waals surface area contributed by atoms with Crippen molar-refractivity contribution in [2.24, 2.45) is 0 Å². The van der Waals surface area contributed by atoms with Gasteiger partial charge < -0.3 is 21.3 Å². The summed E-state index contributed by atoms with van der Waals surface area (Å²) in [5.74, 6) is -0.895. The number of amides is 4. The van der Waals surface area contributed by atoms with E-state index in [1.54, 1.807) is 0 Å². The molecule has 0 aliphatic carbocycles. The molecule has 0 saturated carbocycles. The molecule has 0 heterocycles. The second-order valence-electron chi connectivity index (χ2n) is 11.5. The third kappa shape index (κ3) is 13.5. The van der Waals surface area contributed by atoms with E-state index in [0.717, 1.165) is 24.3 Å². The summed E-state index contributed by atoms with van der Waals surface area (Å²) in [6.45, 7) is 2.45. The van der Waals surface area contributed by atoms with Gasteiger partial charge in [-0.05, 0) is 70.8 Å². The first-order valence-electron chi connectivity index (χ1n) is 15.6. The number of hydrogen-bond acceptors (Lipinski definition) is 12. The van der Waals surface area contributed by atoms with Crippen molar-refractivity contribution < 1.29 is 71.1 Å². The van der Waals surface area contributed by atoms with Gasteiger partial charge in [0.05, 0.1) is 0 Å². The van der Waals surface area contributed by atoms with Gasteiger partial charge in [0.15, 0.2) is 0 Å². The molecule has 308 valence electrons. The summed E-state index contributed by atoms with van der Waals surface area (Å²) >= 11 is 0. The summed E-state index contributed by atoms with van der Waals surface area (Å²) in [5.41, 5.74) is 0.477. The number of benzene rings is 4. The molecular formula is C34H32N4O16S4. The molecule has 0 fully saturated rings. The second-order valence-corrected chi connectivity index (χ2v) is 17.0. The monoisotopic (exact) mass is 880 g/mol. The van der Waals surface area contributed by atoms with E-state index in [1.807, 2.05) is 0 Å². The van der Waals surface area contributed by atoms with Gasteiger partial charge in [-0.25, -0.2) is 0 Å². The van der Waals surface area contributed by atoms with Crippen LogP contribution >= 0.6 is 0 Å². The molecule has 0 saturated heterocycles. The Balaban J connectivity index is 0.000000311. The minimum absolute atomic E-state index is 0.00109. The average molecular weight is 881 g/mol. The van der Waals surface area contributed by atoms with E-state index in [2.05, 4.69) is 21.3 Å². The first-order valence-corrected chi connectivity index (χ1v) is 21.4. The molecule has 24 heteroatoms. The lowest BCUT2D eigenvalue weighted by atomic mass is 10.1. The number of hydrogen-bond donors (Lipinski definition) is 8. The fourth-order valence-corrected chi connectivity index (χ4v) is 7.66. The van der Waals surface area contributed by atoms with E-state index in [-0.39, 0.29) is 45.0 Å². The van der Waals surface area contributed by atoms with Crippen LogP contribution < -0.4 is 21.3 Å². The maximum atomic E-state index is 11.7. The standard InChI is InChI=1S/C18H18N2O8S2.C16H14N2O8S2/c1-11(21)19-15-7-5-13(17(9-15)29(23,24)25)3-4-14-6-8-16(20-12(2)22)10-18(14)30(26,27)28;19-9-17-13-5-3-11(15(7-13)27(21,22)23)1-2-12-4-6-14(18-10-20)8-16(12)28(24,25)26/h3-10H,1-2H3,(H,19,21)(H,20,22)(H,23,24,25)(H,26,27,28);1-10H,(H,17,19)(H,18,20)(H,21,22,23)(H,24,25,26). The highest BCUT2D eigenvalue weighted by Gasteiger charge is 2.19. The largest absolute Gasteiger partial charge is 0.329 e. The van der Waals surface area contributed by atoms with Crippen LogP contribution in [0.5, 0.6) is 0 Å². The minimum Gasteiger partial charge on any atom is -0.329 e. The molecule has 0 atom stereocenters. The van der Waals surface area contributed by atoms with Crippen LogP contribution in [0.1, 0.15) is 36.1 Å². The number of carbonyl (C=O) groups excluding carboxylic acids is 4. The molecule has 0 aliphatic rings. The van der Waals surface area contributed by atoms with E-state index < -0.39 is 71.9 Å². The lowest BCUT2D eigenvalue weighted by Crippen LogP contribution is -2.08. The van der Waals surface area contributed by atoms with E-state index >= 15 is 0 Å². The second kappa shape index (κ2) is 18.9.